The van der Waals surface area contributed by atoms with Crippen molar-refractivity contribution in [3.8, 4) is 10.4 Å². The third kappa shape index (κ3) is 2.85. The van der Waals surface area contributed by atoms with Crippen LogP contribution in [0.25, 0.3) is 10.4 Å². The van der Waals surface area contributed by atoms with Crippen LogP contribution in [0.3, 0.4) is 0 Å². The first-order chi connectivity index (χ1) is 9.70. The smallest absolute Gasteiger partial charge is 0.0443 e. The summed E-state index contributed by atoms with van der Waals surface area (Å²) >= 11 is 5.66. The molecular formula is C17H20BrNS. The number of hydrogen-bond acceptors (Lipinski definition) is 2. The zero-order valence-corrected chi connectivity index (χ0v) is 14.4. The lowest BCUT2D eigenvalue weighted by molar-refractivity contribution is 0.504. The summed E-state index contributed by atoms with van der Waals surface area (Å²) in [6, 6.07) is 11.6. The van der Waals surface area contributed by atoms with E-state index < -0.39 is 0 Å². The molecule has 1 aliphatic rings. The van der Waals surface area contributed by atoms with E-state index in [0.29, 0.717) is 6.04 Å². The molecule has 2 aromatic rings. The molecule has 1 nitrogen and oxygen atoms in total. The predicted molar refractivity (Wildman–Crippen MR) is 91.3 cm³/mol. The fourth-order valence-corrected chi connectivity index (χ4v) is 4.47. The Bertz CT molecular complexity index is 601. The average molecular weight is 350 g/mol. The monoisotopic (exact) mass is 349 g/mol. The third-order valence-electron chi connectivity index (χ3n) is 3.91. The summed E-state index contributed by atoms with van der Waals surface area (Å²) < 4.78 is 1.22. The molecule has 1 saturated carbocycles. The molecular weight excluding hydrogens is 330 g/mol. The van der Waals surface area contributed by atoms with Crippen LogP contribution in [-0.4, -0.2) is 6.54 Å². The fraction of sp³-hybridized carbons (Fsp3) is 0.412. The van der Waals surface area contributed by atoms with Gasteiger partial charge in [-0.2, -0.15) is 0 Å². The van der Waals surface area contributed by atoms with Gasteiger partial charge in [-0.1, -0.05) is 25.1 Å². The molecule has 1 fully saturated rings. The average Bonchev–Trinajstić information content (AvgIpc) is 3.17. The predicted octanol–water partition coefficient (Wildman–Crippen LogP) is 5.55. The molecule has 1 atom stereocenters. The van der Waals surface area contributed by atoms with Crippen LogP contribution in [0.15, 0.2) is 34.8 Å². The first-order valence-corrected chi connectivity index (χ1v) is 8.90. The Labute approximate surface area is 133 Å². The number of nitrogens with one attached hydrogen (secondary N) is 1. The minimum atomic E-state index is 0.558. The molecule has 1 unspecified atom stereocenters. The van der Waals surface area contributed by atoms with Gasteiger partial charge in [0, 0.05) is 25.8 Å². The second kappa shape index (κ2) is 6.00. The Morgan fingerprint density at radius 2 is 2.10 bits per heavy atom. The number of hydrogen-bond donors (Lipinski definition) is 1. The van der Waals surface area contributed by atoms with Crippen molar-refractivity contribution in [3.63, 3.8) is 0 Å². The Morgan fingerprint density at radius 3 is 2.80 bits per heavy atom. The van der Waals surface area contributed by atoms with E-state index in [1.54, 1.807) is 0 Å². The highest BCUT2D eigenvalue weighted by Gasteiger charge is 2.32. The molecule has 20 heavy (non-hydrogen) atoms. The van der Waals surface area contributed by atoms with E-state index in [4.69, 9.17) is 0 Å². The van der Waals surface area contributed by atoms with Crippen molar-refractivity contribution in [2.75, 3.05) is 6.54 Å². The van der Waals surface area contributed by atoms with E-state index in [2.05, 4.69) is 65.4 Å². The number of thiophene rings is 1. The molecule has 3 rings (SSSR count). The molecule has 1 aromatic heterocycles. The van der Waals surface area contributed by atoms with Crippen molar-refractivity contribution in [1.82, 2.24) is 5.32 Å². The van der Waals surface area contributed by atoms with Gasteiger partial charge in [-0.05, 0) is 65.9 Å². The van der Waals surface area contributed by atoms with E-state index in [9.17, 15) is 0 Å². The number of benzene rings is 1. The van der Waals surface area contributed by atoms with Gasteiger partial charge >= 0.3 is 0 Å². The standard InChI is InChI=1S/C17H20BrNS/c1-3-19-17(12-7-8-12)15-10-9-14(20-15)13-6-4-5-11(2)16(13)18/h4-6,9-10,12,17,19H,3,7-8H2,1-2H3. The van der Waals surface area contributed by atoms with Gasteiger partial charge in [0.15, 0.2) is 0 Å². The Kier molecular flexibility index (Phi) is 4.29. The summed E-state index contributed by atoms with van der Waals surface area (Å²) in [4.78, 5) is 2.84. The lowest BCUT2D eigenvalue weighted by atomic mass is 10.1. The van der Waals surface area contributed by atoms with Gasteiger partial charge < -0.3 is 5.32 Å². The summed E-state index contributed by atoms with van der Waals surface area (Å²) in [6.45, 7) is 5.39. The lowest BCUT2D eigenvalue weighted by Gasteiger charge is -2.15. The number of aryl methyl sites for hydroxylation is 1. The fourth-order valence-electron chi connectivity index (χ4n) is 2.65. The molecule has 0 spiro atoms. The van der Waals surface area contributed by atoms with Crippen LogP contribution in [0, 0.1) is 12.8 Å². The topological polar surface area (TPSA) is 12.0 Å². The molecule has 0 bridgehead atoms. The maximum atomic E-state index is 3.73. The molecule has 0 saturated heterocycles. The molecule has 1 aromatic carbocycles. The molecule has 1 aliphatic carbocycles. The molecule has 106 valence electrons. The first-order valence-electron chi connectivity index (χ1n) is 7.29. The van der Waals surface area contributed by atoms with Crippen LogP contribution in [0.1, 0.15) is 36.2 Å². The van der Waals surface area contributed by atoms with Crippen molar-refractivity contribution in [2.24, 2.45) is 5.92 Å². The molecule has 0 aliphatic heterocycles. The lowest BCUT2D eigenvalue weighted by Crippen LogP contribution is -2.21. The van der Waals surface area contributed by atoms with Crippen molar-refractivity contribution < 1.29 is 0 Å². The first kappa shape index (κ1) is 14.3. The minimum absolute atomic E-state index is 0.558. The normalized spacial score (nSPS) is 16.4. The molecule has 1 N–H and O–H groups in total. The maximum Gasteiger partial charge on any atom is 0.0443 e. The summed E-state index contributed by atoms with van der Waals surface area (Å²) in [5, 5.41) is 3.65. The van der Waals surface area contributed by atoms with Crippen molar-refractivity contribution in [1.29, 1.82) is 0 Å². The quantitative estimate of drug-likeness (QED) is 0.746. The van der Waals surface area contributed by atoms with E-state index in [-0.39, 0.29) is 0 Å². The van der Waals surface area contributed by atoms with E-state index in [0.717, 1.165) is 12.5 Å². The van der Waals surface area contributed by atoms with Crippen LogP contribution in [0.4, 0.5) is 0 Å². The molecule has 3 heteroatoms. The Hall–Kier alpha value is -0.640. The summed E-state index contributed by atoms with van der Waals surface area (Å²) in [7, 11) is 0. The van der Waals surface area contributed by atoms with Crippen molar-refractivity contribution in [3.05, 3.63) is 45.2 Å². The van der Waals surface area contributed by atoms with Gasteiger partial charge in [0.25, 0.3) is 0 Å². The summed E-state index contributed by atoms with van der Waals surface area (Å²) in [5.41, 5.74) is 2.61. The summed E-state index contributed by atoms with van der Waals surface area (Å²) in [6.07, 6.45) is 2.75. The van der Waals surface area contributed by atoms with Gasteiger partial charge in [0.05, 0.1) is 0 Å². The number of rotatable bonds is 5. The Morgan fingerprint density at radius 1 is 1.30 bits per heavy atom. The largest absolute Gasteiger partial charge is 0.309 e. The molecule has 0 radical (unpaired) electrons. The van der Waals surface area contributed by atoms with Gasteiger partial charge in [0.1, 0.15) is 0 Å². The van der Waals surface area contributed by atoms with Crippen molar-refractivity contribution >= 4 is 27.3 Å². The van der Waals surface area contributed by atoms with Crippen LogP contribution < -0.4 is 5.32 Å². The van der Waals surface area contributed by atoms with E-state index in [1.165, 1.54) is 38.2 Å². The summed E-state index contributed by atoms with van der Waals surface area (Å²) in [5.74, 6) is 0.849. The van der Waals surface area contributed by atoms with Gasteiger partial charge in [0.2, 0.25) is 0 Å². The zero-order chi connectivity index (χ0) is 14.1. The van der Waals surface area contributed by atoms with E-state index in [1.807, 2.05) is 11.3 Å². The van der Waals surface area contributed by atoms with Gasteiger partial charge in [-0.15, -0.1) is 11.3 Å². The van der Waals surface area contributed by atoms with Crippen LogP contribution in [-0.2, 0) is 0 Å². The van der Waals surface area contributed by atoms with Crippen LogP contribution in [0.2, 0.25) is 0 Å². The highest BCUT2D eigenvalue weighted by molar-refractivity contribution is 9.10. The zero-order valence-electron chi connectivity index (χ0n) is 11.9. The highest BCUT2D eigenvalue weighted by atomic mass is 79.9. The second-order valence-electron chi connectivity index (χ2n) is 5.51. The second-order valence-corrected chi connectivity index (χ2v) is 7.42. The maximum absolute atomic E-state index is 3.73. The van der Waals surface area contributed by atoms with Crippen LogP contribution in [0.5, 0.6) is 0 Å². The molecule has 0 amide bonds. The molecule has 1 heterocycles. The number of halogens is 1. The van der Waals surface area contributed by atoms with E-state index >= 15 is 0 Å². The van der Waals surface area contributed by atoms with Gasteiger partial charge in [-0.25, -0.2) is 0 Å². The van der Waals surface area contributed by atoms with Gasteiger partial charge in [-0.3, -0.25) is 0 Å². The van der Waals surface area contributed by atoms with Crippen LogP contribution >= 0.6 is 27.3 Å². The third-order valence-corrected chi connectivity index (χ3v) is 6.16. The van der Waals surface area contributed by atoms with Crippen molar-refractivity contribution in [2.45, 2.75) is 32.7 Å². The minimum Gasteiger partial charge on any atom is -0.309 e. The Balaban J connectivity index is 1.91. The highest BCUT2D eigenvalue weighted by Crippen LogP contribution is 2.45. The SMILES string of the molecule is CCNC(c1ccc(-c2cccc(C)c2Br)s1)C1CC1.